The predicted octanol–water partition coefficient (Wildman–Crippen LogP) is 2.23. The van der Waals surface area contributed by atoms with Crippen LogP contribution in [0.3, 0.4) is 0 Å². The van der Waals surface area contributed by atoms with E-state index in [1.807, 2.05) is 13.2 Å². The molecule has 19 heavy (non-hydrogen) atoms. The Morgan fingerprint density at radius 1 is 1.47 bits per heavy atom. The normalized spacial score (nSPS) is 10.4. The van der Waals surface area contributed by atoms with Crippen LogP contribution in [0.5, 0.6) is 0 Å². The average Bonchev–Trinajstić information content (AvgIpc) is 2.42. The fourth-order valence-electron chi connectivity index (χ4n) is 1.83. The van der Waals surface area contributed by atoms with E-state index in [9.17, 15) is 9.59 Å². The van der Waals surface area contributed by atoms with Crippen LogP contribution < -0.4 is 5.56 Å². The van der Waals surface area contributed by atoms with E-state index in [-0.39, 0.29) is 17.8 Å². The topological polar surface area (TPSA) is 62.8 Å². The number of nitrogens with zero attached hydrogens (tertiary/aromatic N) is 1. The summed E-state index contributed by atoms with van der Waals surface area (Å²) in [5, 5.41) is 0. The number of hydrogen-bond acceptors (Lipinski definition) is 4. The van der Waals surface area contributed by atoms with Gasteiger partial charge in [0.2, 0.25) is 0 Å². The minimum atomic E-state index is -0.210. The van der Waals surface area contributed by atoms with Gasteiger partial charge in [0.25, 0.3) is 5.56 Å². The first kappa shape index (κ1) is 13.5. The number of pyridine rings is 2. The van der Waals surface area contributed by atoms with Crippen molar-refractivity contribution in [2.45, 2.75) is 18.2 Å². The summed E-state index contributed by atoms with van der Waals surface area (Å²) >= 11 is 1.47. The highest BCUT2D eigenvalue weighted by atomic mass is 32.2. The number of hydrogen-bond donors (Lipinski definition) is 1. The first-order valence-electron chi connectivity index (χ1n) is 5.81. The van der Waals surface area contributed by atoms with E-state index in [0.29, 0.717) is 11.1 Å². The third kappa shape index (κ3) is 3.12. The summed E-state index contributed by atoms with van der Waals surface area (Å²) in [6.45, 7) is 1.88. The fraction of sp³-hybridized carbons (Fsp3) is 0.214. The molecule has 4 nitrogen and oxygen atoms in total. The zero-order valence-electron chi connectivity index (χ0n) is 10.8. The standard InChI is InChI=1S/C14H14N2O2S/c1-9-5-10(14(18)16-7-9)6-12(17)11-3-4-15-8-13(11)19-2/h3-5,7-8H,6H2,1-2H3,(H,16,18). The van der Waals surface area contributed by atoms with Crippen LogP contribution in [-0.2, 0) is 6.42 Å². The van der Waals surface area contributed by atoms with Gasteiger partial charge in [-0.3, -0.25) is 14.6 Å². The molecule has 0 saturated heterocycles. The highest BCUT2D eigenvalue weighted by molar-refractivity contribution is 7.98. The number of rotatable bonds is 4. The van der Waals surface area contributed by atoms with Gasteiger partial charge in [-0.1, -0.05) is 0 Å². The highest BCUT2D eigenvalue weighted by Gasteiger charge is 2.13. The van der Waals surface area contributed by atoms with Crippen LogP contribution in [0.1, 0.15) is 21.5 Å². The summed E-state index contributed by atoms with van der Waals surface area (Å²) in [6.07, 6.45) is 6.89. The van der Waals surface area contributed by atoms with Crippen molar-refractivity contribution < 1.29 is 4.79 Å². The van der Waals surface area contributed by atoms with Gasteiger partial charge in [-0.2, -0.15) is 0 Å². The van der Waals surface area contributed by atoms with Crippen molar-refractivity contribution in [2.24, 2.45) is 0 Å². The van der Waals surface area contributed by atoms with E-state index < -0.39 is 0 Å². The molecule has 1 N–H and O–H groups in total. The second-order valence-electron chi connectivity index (χ2n) is 4.21. The molecule has 2 aromatic heterocycles. The second kappa shape index (κ2) is 5.84. The largest absolute Gasteiger partial charge is 0.329 e. The maximum Gasteiger partial charge on any atom is 0.251 e. The molecule has 98 valence electrons. The Balaban J connectivity index is 2.31. The van der Waals surface area contributed by atoms with Gasteiger partial charge in [0, 0.05) is 41.0 Å². The molecule has 0 amide bonds. The Morgan fingerprint density at radius 3 is 3.00 bits per heavy atom. The zero-order valence-corrected chi connectivity index (χ0v) is 11.6. The smallest absolute Gasteiger partial charge is 0.251 e. The van der Waals surface area contributed by atoms with Gasteiger partial charge >= 0.3 is 0 Å². The molecule has 0 unspecified atom stereocenters. The quantitative estimate of drug-likeness (QED) is 0.686. The van der Waals surface area contributed by atoms with Gasteiger partial charge in [0.1, 0.15) is 0 Å². The second-order valence-corrected chi connectivity index (χ2v) is 5.06. The molecule has 0 aliphatic rings. The molecule has 0 aliphatic heterocycles. The monoisotopic (exact) mass is 274 g/mol. The van der Waals surface area contributed by atoms with Crippen LogP contribution >= 0.6 is 11.8 Å². The molecule has 5 heteroatoms. The summed E-state index contributed by atoms with van der Waals surface area (Å²) < 4.78 is 0. The van der Waals surface area contributed by atoms with E-state index in [2.05, 4.69) is 9.97 Å². The molecular formula is C14H14N2O2S. The van der Waals surface area contributed by atoms with Gasteiger partial charge in [-0.05, 0) is 30.9 Å². The van der Waals surface area contributed by atoms with Crippen molar-refractivity contribution in [1.29, 1.82) is 0 Å². The summed E-state index contributed by atoms with van der Waals surface area (Å²) in [5.41, 5.74) is 1.83. The molecule has 2 aromatic rings. The summed E-state index contributed by atoms with van der Waals surface area (Å²) in [5.74, 6) is -0.0668. The maximum absolute atomic E-state index is 12.3. The summed E-state index contributed by atoms with van der Waals surface area (Å²) in [7, 11) is 0. The number of Topliss-reactive ketones (excluding diaryl/α,β-unsaturated/α-hetero) is 1. The average molecular weight is 274 g/mol. The van der Waals surface area contributed by atoms with Gasteiger partial charge < -0.3 is 4.98 Å². The van der Waals surface area contributed by atoms with E-state index in [4.69, 9.17) is 0 Å². The van der Waals surface area contributed by atoms with Crippen molar-refractivity contribution >= 4 is 17.5 Å². The van der Waals surface area contributed by atoms with Crippen molar-refractivity contribution in [3.8, 4) is 0 Å². The number of thioether (sulfide) groups is 1. The molecule has 0 bridgehead atoms. The van der Waals surface area contributed by atoms with Crippen molar-refractivity contribution in [1.82, 2.24) is 9.97 Å². The molecule has 0 aromatic carbocycles. The number of carbonyl (C=O) groups is 1. The Kier molecular flexibility index (Phi) is 4.16. The third-order valence-corrected chi connectivity index (χ3v) is 3.55. The Labute approximate surface area is 115 Å². The van der Waals surface area contributed by atoms with Crippen molar-refractivity contribution in [3.05, 3.63) is 57.8 Å². The van der Waals surface area contributed by atoms with E-state index in [1.54, 1.807) is 30.7 Å². The Morgan fingerprint density at radius 2 is 2.26 bits per heavy atom. The van der Waals surface area contributed by atoms with Crippen molar-refractivity contribution in [3.63, 3.8) is 0 Å². The maximum atomic E-state index is 12.3. The zero-order chi connectivity index (χ0) is 13.8. The lowest BCUT2D eigenvalue weighted by Crippen LogP contribution is -2.16. The summed E-state index contributed by atoms with van der Waals surface area (Å²) in [6, 6.07) is 3.44. The Bertz CT molecular complexity index is 664. The SMILES string of the molecule is CSc1cnccc1C(=O)Cc1cc(C)c[nH]c1=O. The number of aromatic nitrogens is 2. The van der Waals surface area contributed by atoms with Crippen molar-refractivity contribution in [2.75, 3.05) is 6.26 Å². The van der Waals surface area contributed by atoms with Gasteiger partial charge in [-0.15, -0.1) is 11.8 Å². The number of H-pyrrole nitrogens is 1. The van der Waals surface area contributed by atoms with E-state index >= 15 is 0 Å². The lowest BCUT2D eigenvalue weighted by atomic mass is 10.0. The van der Waals surface area contributed by atoms with Gasteiger partial charge in [0.05, 0.1) is 0 Å². The molecule has 2 heterocycles. The number of aromatic amines is 1. The van der Waals surface area contributed by atoms with Crippen LogP contribution in [0, 0.1) is 6.92 Å². The minimum absolute atomic E-state index is 0.0668. The molecule has 0 radical (unpaired) electrons. The first-order chi connectivity index (χ1) is 9.11. The first-order valence-corrected chi connectivity index (χ1v) is 7.03. The molecule has 0 fully saturated rings. The minimum Gasteiger partial charge on any atom is -0.329 e. The Hall–Kier alpha value is -1.88. The van der Waals surface area contributed by atoms with E-state index in [1.165, 1.54) is 11.8 Å². The van der Waals surface area contributed by atoms with Gasteiger partial charge in [0.15, 0.2) is 5.78 Å². The van der Waals surface area contributed by atoms with Crippen LogP contribution in [0.25, 0.3) is 0 Å². The fourth-order valence-corrected chi connectivity index (χ4v) is 2.39. The van der Waals surface area contributed by atoms with Crippen LogP contribution in [0.2, 0.25) is 0 Å². The number of nitrogens with one attached hydrogen (secondary N) is 1. The number of carbonyl (C=O) groups excluding carboxylic acids is 1. The molecule has 0 aliphatic carbocycles. The van der Waals surface area contributed by atoms with Crippen LogP contribution in [-0.4, -0.2) is 22.0 Å². The van der Waals surface area contributed by atoms with Gasteiger partial charge in [-0.25, -0.2) is 0 Å². The third-order valence-electron chi connectivity index (χ3n) is 2.78. The molecule has 0 saturated carbocycles. The van der Waals surface area contributed by atoms with E-state index in [0.717, 1.165) is 10.5 Å². The lowest BCUT2D eigenvalue weighted by molar-refractivity contribution is 0.0989. The van der Waals surface area contributed by atoms with Crippen LogP contribution in [0.15, 0.2) is 40.4 Å². The molecule has 0 atom stereocenters. The molecule has 0 spiro atoms. The highest BCUT2D eigenvalue weighted by Crippen LogP contribution is 2.20. The predicted molar refractivity (Wildman–Crippen MR) is 75.9 cm³/mol. The molecule has 2 rings (SSSR count). The number of aryl methyl sites for hydroxylation is 1. The lowest BCUT2D eigenvalue weighted by Gasteiger charge is -2.05. The van der Waals surface area contributed by atoms with Crippen LogP contribution in [0.4, 0.5) is 0 Å². The molecular weight excluding hydrogens is 260 g/mol. The summed E-state index contributed by atoms with van der Waals surface area (Å²) in [4.78, 5) is 31.4. The number of ketones is 1.